The lowest BCUT2D eigenvalue weighted by molar-refractivity contribution is -0.789. The molecule has 0 saturated carbocycles. The first-order valence-electron chi connectivity index (χ1n) is 14.5. The van der Waals surface area contributed by atoms with Gasteiger partial charge in [0.05, 0.1) is 11.4 Å². The van der Waals surface area contributed by atoms with Gasteiger partial charge in [-0.15, -0.1) is 4.68 Å². The number of nitrogens with one attached hydrogen (secondary N) is 1. The zero-order valence-electron chi connectivity index (χ0n) is 24.7. The molecular weight excluding hydrogens is 588 g/mol. The molecule has 0 amide bonds. The van der Waals surface area contributed by atoms with Crippen molar-refractivity contribution in [2.45, 2.75) is 19.4 Å². The van der Waals surface area contributed by atoms with Gasteiger partial charge in [-0.25, -0.2) is 9.78 Å². The minimum Gasteiger partial charge on any atom is -0.428 e. The van der Waals surface area contributed by atoms with Crippen LogP contribution in [0.5, 0.6) is 0 Å². The van der Waals surface area contributed by atoms with Crippen molar-refractivity contribution in [3.05, 3.63) is 149 Å². The average Bonchev–Trinajstić information content (AvgIpc) is 3.52. The van der Waals surface area contributed by atoms with Crippen LogP contribution in [0.15, 0.2) is 121 Å². The second-order valence-corrected chi connectivity index (χ2v) is 11.2. The van der Waals surface area contributed by atoms with Crippen LogP contribution >= 0.6 is 11.6 Å². The number of pyridine rings is 1. The molecule has 8 nitrogen and oxygen atoms in total. The van der Waals surface area contributed by atoms with E-state index in [0.29, 0.717) is 16.2 Å². The van der Waals surface area contributed by atoms with Crippen LogP contribution in [0.25, 0.3) is 22.3 Å². The molecule has 9 heteroatoms. The number of hydrogen-bond acceptors (Lipinski definition) is 6. The van der Waals surface area contributed by atoms with Crippen LogP contribution in [0.2, 0.25) is 5.02 Å². The maximum absolute atomic E-state index is 14.2. The van der Waals surface area contributed by atoms with Gasteiger partial charge < -0.3 is 9.47 Å². The molecule has 224 valence electrons. The number of fused-ring (bicyclic) bond motifs is 1. The number of carbonyl (C=O) groups excluding carboxylic acids is 2. The Kier molecular flexibility index (Phi) is 8.40. The summed E-state index contributed by atoms with van der Waals surface area (Å²) in [5, 5.41) is 9.28. The van der Waals surface area contributed by atoms with E-state index < -0.39 is 24.3 Å². The molecule has 0 aliphatic heterocycles. The number of benzene rings is 4. The first-order valence-corrected chi connectivity index (χ1v) is 14.9. The fraction of sp³-hybridized carbons (Fsp3) is 0.139. The smallest absolute Gasteiger partial charge is 0.388 e. The normalized spacial score (nSPS) is 11.5. The topological polar surface area (TPSA) is 98.1 Å². The number of esters is 2. The van der Waals surface area contributed by atoms with Gasteiger partial charge in [-0.05, 0) is 24.3 Å². The van der Waals surface area contributed by atoms with E-state index >= 15 is 0 Å². The summed E-state index contributed by atoms with van der Waals surface area (Å²) >= 11 is 6.22. The summed E-state index contributed by atoms with van der Waals surface area (Å²) in [5.74, 6) is -1.61. The Morgan fingerprint density at radius 1 is 0.800 bits per heavy atom. The molecule has 1 N–H and O–H groups in total. The SMILES string of the molecule is CC(C)C(=O)OCOC(=O)c1c(-c2ccc3cc(Cl)ccc3n2)n[nH][n+]1C(c1ccccc1)(c1ccccc1)c1ccccc1. The Bertz CT molecular complexity index is 1870. The van der Waals surface area contributed by atoms with Gasteiger partial charge in [0.1, 0.15) is 5.69 Å². The number of aromatic amines is 1. The molecular formula is C36H30ClN4O4+. The number of halogens is 1. The standard InChI is InChI=1S/C36H29ClN4O4/c1-24(2)34(42)44-23-45-35(43)33-32(31-20-18-25-22-29(37)19-21-30(25)38-31)39-40-41(33)36(26-12-6-3-7-13-26,27-14-8-4-9-15-27)28-16-10-5-11-17-28/h3-22,24H,23H2,1-2H3/p+1. The Hall–Kier alpha value is -5.34. The summed E-state index contributed by atoms with van der Waals surface area (Å²) in [6, 6.07) is 38.6. The molecule has 0 spiro atoms. The number of rotatable bonds is 9. The number of H-pyrrole nitrogens is 1. The van der Waals surface area contributed by atoms with Crippen LogP contribution in [0.4, 0.5) is 0 Å². The van der Waals surface area contributed by atoms with Crippen molar-refractivity contribution < 1.29 is 23.7 Å². The van der Waals surface area contributed by atoms with Gasteiger partial charge in [-0.2, -0.15) is 0 Å². The van der Waals surface area contributed by atoms with Gasteiger partial charge >= 0.3 is 11.9 Å². The van der Waals surface area contributed by atoms with Crippen LogP contribution in [0.1, 0.15) is 41.0 Å². The molecule has 0 unspecified atom stereocenters. The zero-order valence-corrected chi connectivity index (χ0v) is 25.4. The summed E-state index contributed by atoms with van der Waals surface area (Å²) in [4.78, 5) is 31.2. The van der Waals surface area contributed by atoms with Crippen molar-refractivity contribution in [3.8, 4) is 11.4 Å². The molecule has 0 bridgehead atoms. The first kappa shape index (κ1) is 29.7. The molecule has 2 aromatic heterocycles. The molecule has 0 atom stereocenters. The number of ether oxygens (including phenoxy) is 2. The van der Waals surface area contributed by atoms with E-state index in [2.05, 4.69) is 10.3 Å². The molecule has 4 aromatic carbocycles. The van der Waals surface area contributed by atoms with E-state index in [0.717, 1.165) is 22.1 Å². The highest BCUT2D eigenvalue weighted by molar-refractivity contribution is 6.31. The monoisotopic (exact) mass is 617 g/mol. The highest BCUT2D eigenvalue weighted by Gasteiger charge is 2.49. The fourth-order valence-corrected chi connectivity index (χ4v) is 5.63. The van der Waals surface area contributed by atoms with E-state index in [1.54, 1.807) is 30.7 Å². The molecule has 0 aliphatic rings. The number of hydrogen-bond donors (Lipinski definition) is 1. The van der Waals surface area contributed by atoms with Crippen molar-refractivity contribution in [2.24, 2.45) is 5.92 Å². The van der Waals surface area contributed by atoms with Crippen LogP contribution in [0.3, 0.4) is 0 Å². The van der Waals surface area contributed by atoms with Crippen molar-refractivity contribution in [2.75, 3.05) is 6.79 Å². The van der Waals surface area contributed by atoms with Crippen molar-refractivity contribution >= 4 is 34.4 Å². The molecule has 6 aromatic rings. The van der Waals surface area contributed by atoms with Crippen LogP contribution < -0.4 is 4.68 Å². The highest BCUT2D eigenvalue weighted by atomic mass is 35.5. The average molecular weight is 618 g/mol. The molecule has 0 fully saturated rings. The Labute approximate surface area is 265 Å². The van der Waals surface area contributed by atoms with Crippen molar-refractivity contribution in [1.29, 1.82) is 0 Å². The van der Waals surface area contributed by atoms with Gasteiger partial charge in [0.15, 0.2) is 0 Å². The summed E-state index contributed by atoms with van der Waals surface area (Å²) < 4.78 is 12.5. The molecule has 6 rings (SSSR count). The van der Waals surface area contributed by atoms with Crippen LogP contribution in [-0.2, 0) is 19.8 Å². The molecule has 45 heavy (non-hydrogen) atoms. The van der Waals surface area contributed by atoms with Gasteiger partial charge in [-0.3, -0.25) is 4.79 Å². The lowest BCUT2D eigenvalue weighted by Crippen LogP contribution is -2.62. The third kappa shape index (κ3) is 5.68. The van der Waals surface area contributed by atoms with Crippen LogP contribution in [0, 0.1) is 5.92 Å². The minimum atomic E-state index is -1.11. The maximum atomic E-state index is 14.2. The van der Waals surface area contributed by atoms with Gasteiger partial charge in [0, 0.05) is 32.2 Å². The van der Waals surface area contributed by atoms with E-state index in [9.17, 15) is 9.59 Å². The van der Waals surface area contributed by atoms with Crippen molar-refractivity contribution in [3.63, 3.8) is 0 Å². The Balaban J connectivity index is 1.62. The molecule has 0 radical (unpaired) electrons. The fourth-order valence-electron chi connectivity index (χ4n) is 5.45. The number of carbonyl (C=O) groups is 2. The highest BCUT2D eigenvalue weighted by Crippen LogP contribution is 2.37. The van der Waals surface area contributed by atoms with Crippen LogP contribution in [-0.4, -0.2) is 34.0 Å². The zero-order chi connectivity index (χ0) is 31.4. The summed E-state index contributed by atoms with van der Waals surface area (Å²) in [6.45, 7) is 2.86. The summed E-state index contributed by atoms with van der Waals surface area (Å²) in [5.41, 5.74) is 2.96. The third-order valence-electron chi connectivity index (χ3n) is 7.57. The van der Waals surface area contributed by atoms with E-state index in [4.69, 9.17) is 26.1 Å². The minimum absolute atomic E-state index is 0.0907. The summed E-state index contributed by atoms with van der Waals surface area (Å²) in [7, 11) is 0. The van der Waals surface area contributed by atoms with Gasteiger partial charge in [0.2, 0.25) is 12.3 Å². The van der Waals surface area contributed by atoms with Gasteiger partial charge in [0.25, 0.3) is 11.4 Å². The lowest BCUT2D eigenvalue weighted by Gasteiger charge is -2.32. The van der Waals surface area contributed by atoms with Crippen molar-refractivity contribution in [1.82, 2.24) is 15.3 Å². The Morgan fingerprint density at radius 2 is 1.38 bits per heavy atom. The van der Waals surface area contributed by atoms with Gasteiger partial charge in [-0.1, -0.05) is 128 Å². The first-order chi connectivity index (χ1) is 21.9. The number of nitrogens with zero attached hydrogens (tertiary/aromatic N) is 3. The number of aromatic nitrogens is 4. The second kappa shape index (κ2) is 12.7. The summed E-state index contributed by atoms with van der Waals surface area (Å²) in [6.07, 6.45) is 0. The Morgan fingerprint density at radius 3 is 1.93 bits per heavy atom. The third-order valence-corrected chi connectivity index (χ3v) is 7.80. The largest absolute Gasteiger partial charge is 0.428 e. The van der Waals surface area contributed by atoms with E-state index in [1.807, 2.05) is 109 Å². The molecule has 0 saturated heterocycles. The predicted octanol–water partition coefficient (Wildman–Crippen LogP) is 6.72. The second-order valence-electron chi connectivity index (χ2n) is 10.8. The quantitative estimate of drug-likeness (QED) is 0.0837. The van der Waals surface area contributed by atoms with E-state index in [1.165, 1.54) is 0 Å². The maximum Gasteiger partial charge on any atom is 0.388 e. The van der Waals surface area contributed by atoms with E-state index in [-0.39, 0.29) is 17.3 Å². The molecule has 2 heterocycles. The molecule has 0 aliphatic carbocycles. The lowest BCUT2D eigenvalue weighted by atomic mass is 9.77. The predicted molar refractivity (Wildman–Crippen MR) is 170 cm³/mol.